The van der Waals surface area contributed by atoms with Crippen LogP contribution in [0, 0.1) is 17.8 Å². The summed E-state index contributed by atoms with van der Waals surface area (Å²) in [5.41, 5.74) is 0. The van der Waals surface area contributed by atoms with Crippen LogP contribution < -0.4 is 64.4 Å². The van der Waals surface area contributed by atoms with Gasteiger partial charge in [-0.15, -0.1) is 0 Å². The predicted molar refractivity (Wildman–Crippen MR) is 105 cm³/mol. The van der Waals surface area contributed by atoms with Crippen LogP contribution >= 0.6 is 12.0 Å². The molecule has 0 aromatic rings. The number of ether oxygens (including phenoxy) is 1. The molecule has 3 aliphatic rings. The molecular formula is C18H30N2Na2O8S2. The average Bonchev–Trinajstić information content (AvgIpc) is 2.69. The normalized spacial score (nSPS) is 40.2. The van der Waals surface area contributed by atoms with Crippen LogP contribution in [0.15, 0.2) is 10.2 Å². The summed E-state index contributed by atoms with van der Waals surface area (Å²) >= 11 is 1.00. The number of hydrogen-bond donors (Lipinski definition) is 1. The number of aliphatic hydroxyl groups is 1. The summed E-state index contributed by atoms with van der Waals surface area (Å²) in [6.07, 6.45) is 3.48. The molecule has 0 radical (unpaired) electrons. The first kappa shape index (κ1) is 31.7. The fourth-order valence-corrected chi connectivity index (χ4v) is 7.27. The molecule has 3 fully saturated rings. The van der Waals surface area contributed by atoms with Crippen molar-refractivity contribution in [2.75, 3.05) is 7.11 Å². The number of hydrogen-bond acceptors (Lipinski definition) is 11. The van der Waals surface area contributed by atoms with Gasteiger partial charge < -0.3 is 19.7 Å². The van der Waals surface area contributed by atoms with Crippen molar-refractivity contribution in [3.63, 3.8) is 0 Å². The monoisotopic (exact) mass is 512 g/mol. The van der Waals surface area contributed by atoms with Gasteiger partial charge in [-0.2, -0.15) is 14.6 Å². The SMILES string of the molecule is COC1CC(S(=O)(=O)[O-])C(C)CC1N=NC1CC(SOO[O-])CC2CCC(O)CC21.[Na+].[Na+]. The van der Waals surface area contributed by atoms with Gasteiger partial charge in [-0.05, 0) is 62.7 Å². The summed E-state index contributed by atoms with van der Waals surface area (Å²) in [6.45, 7) is 1.75. The molecule has 32 heavy (non-hydrogen) atoms. The van der Waals surface area contributed by atoms with E-state index in [2.05, 4.69) is 19.6 Å². The van der Waals surface area contributed by atoms with Gasteiger partial charge in [0.25, 0.3) is 0 Å². The molecule has 0 aromatic heterocycles. The molecule has 3 aliphatic carbocycles. The Bertz CT molecular complexity index is 704. The zero-order valence-corrected chi connectivity index (χ0v) is 24.8. The van der Waals surface area contributed by atoms with Crippen molar-refractivity contribution in [3.05, 3.63) is 0 Å². The van der Waals surface area contributed by atoms with E-state index in [0.29, 0.717) is 25.2 Å². The summed E-state index contributed by atoms with van der Waals surface area (Å²) in [5, 5.41) is 32.1. The molecule has 1 N–H and O–H groups in total. The molecule has 0 saturated heterocycles. The van der Waals surface area contributed by atoms with E-state index in [1.807, 2.05) is 0 Å². The van der Waals surface area contributed by atoms with Crippen LogP contribution in [-0.2, 0) is 24.2 Å². The van der Waals surface area contributed by atoms with Gasteiger partial charge in [0.2, 0.25) is 0 Å². The van der Waals surface area contributed by atoms with Crippen LogP contribution in [0.1, 0.15) is 51.9 Å². The van der Waals surface area contributed by atoms with Crippen LogP contribution in [0.4, 0.5) is 0 Å². The van der Waals surface area contributed by atoms with Gasteiger partial charge in [0.1, 0.15) is 0 Å². The minimum Gasteiger partial charge on any atom is -0.748 e. The second kappa shape index (κ2) is 14.4. The molecular weight excluding hydrogens is 482 g/mol. The summed E-state index contributed by atoms with van der Waals surface area (Å²) in [6, 6.07) is -0.468. The molecule has 3 saturated carbocycles. The molecule has 174 valence electrons. The maximum absolute atomic E-state index is 11.5. The molecule has 0 aromatic carbocycles. The standard InChI is InChI=1S/C18H32N2O8S2.2Na/c1-10-5-16(17(26-2)9-18(10)30(23,24)25)20-19-15-8-13(29-28-27-22)6-11-3-4-12(21)7-14(11)15;;/h10-18,21-22H,3-9H2,1-2H3,(H,23,24,25);;/q;2*+1/p-2. The van der Waals surface area contributed by atoms with Crippen molar-refractivity contribution in [1.82, 2.24) is 0 Å². The van der Waals surface area contributed by atoms with Crippen LogP contribution in [-0.4, -0.2) is 60.0 Å². The predicted octanol–water partition coefficient (Wildman–Crippen LogP) is -4.65. The van der Waals surface area contributed by atoms with E-state index in [1.165, 1.54) is 7.11 Å². The Morgan fingerprint density at radius 1 is 1.03 bits per heavy atom. The Kier molecular flexibility index (Phi) is 14.3. The minimum atomic E-state index is -4.40. The quantitative estimate of drug-likeness (QED) is 0.0886. The van der Waals surface area contributed by atoms with Crippen molar-refractivity contribution >= 4 is 22.2 Å². The molecule has 0 aliphatic heterocycles. The van der Waals surface area contributed by atoms with E-state index in [0.717, 1.165) is 31.3 Å². The van der Waals surface area contributed by atoms with Gasteiger partial charge >= 0.3 is 59.1 Å². The molecule has 0 heterocycles. The first-order valence-electron chi connectivity index (χ1n) is 10.4. The second-order valence-electron chi connectivity index (χ2n) is 8.84. The first-order valence-corrected chi connectivity index (χ1v) is 12.7. The van der Waals surface area contributed by atoms with Crippen LogP contribution in [0.5, 0.6) is 0 Å². The van der Waals surface area contributed by atoms with Gasteiger partial charge in [0.15, 0.2) is 0 Å². The smallest absolute Gasteiger partial charge is 0.748 e. The van der Waals surface area contributed by atoms with E-state index >= 15 is 0 Å². The van der Waals surface area contributed by atoms with Crippen molar-refractivity contribution in [2.45, 2.75) is 86.7 Å². The fourth-order valence-electron chi connectivity index (χ4n) is 5.42. The molecule has 0 spiro atoms. The third kappa shape index (κ3) is 8.36. The number of methoxy groups -OCH3 is 1. The Morgan fingerprint density at radius 2 is 1.72 bits per heavy atom. The summed E-state index contributed by atoms with van der Waals surface area (Å²) in [7, 11) is -2.91. The van der Waals surface area contributed by atoms with Gasteiger partial charge in [-0.3, -0.25) is 5.04 Å². The topological polar surface area (TPSA) is 153 Å². The van der Waals surface area contributed by atoms with Crippen molar-refractivity contribution in [3.8, 4) is 0 Å². The Morgan fingerprint density at radius 3 is 2.34 bits per heavy atom. The van der Waals surface area contributed by atoms with Crippen molar-refractivity contribution in [1.29, 1.82) is 0 Å². The fraction of sp³-hybridized carbons (Fsp3) is 1.00. The summed E-state index contributed by atoms with van der Waals surface area (Å²) in [5.74, 6) is 0.223. The molecule has 10 nitrogen and oxygen atoms in total. The zero-order chi connectivity index (χ0) is 21.9. The largest absolute Gasteiger partial charge is 1.00 e. The summed E-state index contributed by atoms with van der Waals surface area (Å²) in [4.78, 5) is 0. The third-order valence-corrected chi connectivity index (χ3v) is 9.16. The van der Waals surface area contributed by atoms with Crippen LogP contribution in [0.2, 0.25) is 0 Å². The van der Waals surface area contributed by atoms with E-state index in [-0.39, 0.29) is 101 Å². The van der Waals surface area contributed by atoms with Crippen molar-refractivity contribution in [2.24, 2.45) is 28.0 Å². The summed E-state index contributed by atoms with van der Waals surface area (Å²) < 4.78 is 44.6. The van der Waals surface area contributed by atoms with E-state index in [1.54, 1.807) is 6.92 Å². The van der Waals surface area contributed by atoms with E-state index < -0.39 is 21.5 Å². The van der Waals surface area contributed by atoms with Gasteiger partial charge in [-0.25, -0.2) is 8.42 Å². The molecule has 0 amide bonds. The third-order valence-electron chi connectivity index (χ3n) is 6.97. The number of nitrogens with zero attached hydrogens (tertiary/aromatic N) is 2. The zero-order valence-electron chi connectivity index (χ0n) is 19.2. The van der Waals surface area contributed by atoms with Crippen LogP contribution in [0.25, 0.3) is 0 Å². The molecule has 0 bridgehead atoms. The number of fused-ring (bicyclic) bond motifs is 1. The second-order valence-corrected chi connectivity index (χ2v) is 11.4. The van der Waals surface area contributed by atoms with E-state index in [9.17, 15) is 23.3 Å². The molecule has 3 rings (SSSR count). The first-order chi connectivity index (χ1) is 14.2. The van der Waals surface area contributed by atoms with E-state index in [4.69, 9.17) is 4.74 Å². The average molecular weight is 513 g/mol. The maximum atomic E-state index is 11.5. The van der Waals surface area contributed by atoms with Gasteiger partial charge in [0, 0.05) is 24.4 Å². The van der Waals surface area contributed by atoms with Gasteiger partial charge in [-0.1, -0.05) is 6.92 Å². The van der Waals surface area contributed by atoms with Gasteiger partial charge in [0.05, 0.1) is 39.7 Å². The number of azo groups is 1. The number of rotatable bonds is 7. The Labute approximate surface area is 238 Å². The minimum absolute atomic E-state index is 0. The molecule has 9 unspecified atom stereocenters. The Balaban J connectivity index is 0.00000256. The molecule has 14 heteroatoms. The Hall–Kier alpha value is 1.66. The number of aliphatic hydroxyl groups excluding tert-OH is 1. The van der Waals surface area contributed by atoms with Crippen LogP contribution in [0.3, 0.4) is 0 Å². The van der Waals surface area contributed by atoms with Crippen molar-refractivity contribution < 1.29 is 96.6 Å². The maximum Gasteiger partial charge on any atom is 1.00 e. The molecule has 9 atom stereocenters.